The second-order valence-electron chi connectivity index (χ2n) is 3.21. The van der Waals surface area contributed by atoms with Gasteiger partial charge in [0.05, 0.1) is 6.61 Å². The first-order valence-electron chi connectivity index (χ1n) is 3.46. The molecule has 0 amide bonds. The Kier molecular flexibility index (Phi) is 2.97. The molecule has 0 bridgehead atoms. The van der Waals surface area contributed by atoms with Crippen LogP contribution in [-0.2, 0) is 0 Å². The summed E-state index contributed by atoms with van der Waals surface area (Å²) in [6.07, 6.45) is 0. The molecule has 0 aliphatic rings. The molecule has 1 atom stereocenters. The highest BCUT2D eigenvalue weighted by Crippen LogP contribution is 2.34. The van der Waals surface area contributed by atoms with Crippen molar-refractivity contribution in [1.82, 2.24) is 0 Å². The van der Waals surface area contributed by atoms with Crippen LogP contribution < -0.4 is 0 Å². The van der Waals surface area contributed by atoms with Gasteiger partial charge in [0.1, 0.15) is 5.60 Å². The maximum atomic E-state index is 12.9. The number of aliphatic hydroxyl groups is 2. The molecule has 0 aliphatic heterocycles. The predicted octanol–water partition coefficient (Wildman–Crippen LogP) is 1.02. The van der Waals surface area contributed by atoms with Crippen molar-refractivity contribution in [3.8, 4) is 0 Å². The van der Waals surface area contributed by atoms with Crippen LogP contribution in [0.5, 0.6) is 0 Å². The van der Waals surface area contributed by atoms with Gasteiger partial charge in [0, 0.05) is 5.92 Å². The molecule has 2 nitrogen and oxygen atoms in total. The molecule has 0 aromatic heterocycles. The summed E-state index contributed by atoms with van der Waals surface area (Å²) < 4.78 is 25.8. The van der Waals surface area contributed by atoms with E-state index in [0.29, 0.717) is 0 Å². The van der Waals surface area contributed by atoms with Crippen molar-refractivity contribution in [1.29, 1.82) is 0 Å². The molecular formula is C7H14F2O2. The fraction of sp³-hybridized carbons (Fsp3) is 1.00. The fourth-order valence-corrected chi connectivity index (χ4v) is 0.727. The Morgan fingerprint density at radius 2 is 1.73 bits per heavy atom. The van der Waals surface area contributed by atoms with Crippen LogP contribution >= 0.6 is 0 Å². The molecule has 0 aromatic carbocycles. The molecule has 1 unspecified atom stereocenters. The van der Waals surface area contributed by atoms with Gasteiger partial charge in [0.25, 0.3) is 5.92 Å². The van der Waals surface area contributed by atoms with Crippen molar-refractivity contribution in [2.75, 3.05) is 6.61 Å². The Balaban J connectivity index is 4.53. The standard InChI is InChI=1S/C7H14F2O2/c1-5(2)7(8,9)6(3,11)4-10/h5,10-11H,4H2,1-3H3. The van der Waals surface area contributed by atoms with E-state index in [1.165, 1.54) is 13.8 Å². The van der Waals surface area contributed by atoms with Gasteiger partial charge in [-0.3, -0.25) is 0 Å². The van der Waals surface area contributed by atoms with Crippen LogP contribution in [0, 0.1) is 5.92 Å². The van der Waals surface area contributed by atoms with E-state index >= 15 is 0 Å². The minimum atomic E-state index is -3.25. The predicted molar refractivity (Wildman–Crippen MR) is 37.5 cm³/mol. The molecule has 0 spiro atoms. The number of halogens is 2. The van der Waals surface area contributed by atoms with Crippen LogP contribution in [-0.4, -0.2) is 28.3 Å². The fourth-order valence-electron chi connectivity index (χ4n) is 0.727. The lowest BCUT2D eigenvalue weighted by atomic mass is 9.90. The maximum Gasteiger partial charge on any atom is 0.280 e. The van der Waals surface area contributed by atoms with Crippen molar-refractivity contribution in [3.05, 3.63) is 0 Å². The van der Waals surface area contributed by atoms with Gasteiger partial charge in [-0.15, -0.1) is 0 Å². The van der Waals surface area contributed by atoms with Gasteiger partial charge < -0.3 is 10.2 Å². The van der Waals surface area contributed by atoms with Crippen molar-refractivity contribution < 1.29 is 19.0 Å². The summed E-state index contributed by atoms with van der Waals surface area (Å²) in [6, 6.07) is 0. The summed E-state index contributed by atoms with van der Waals surface area (Å²) in [5.41, 5.74) is -2.32. The number of aliphatic hydroxyl groups excluding tert-OH is 1. The van der Waals surface area contributed by atoms with Crippen molar-refractivity contribution >= 4 is 0 Å². The van der Waals surface area contributed by atoms with Crippen LogP contribution in [0.15, 0.2) is 0 Å². The van der Waals surface area contributed by atoms with Crippen molar-refractivity contribution in [2.24, 2.45) is 5.92 Å². The van der Waals surface area contributed by atoms with Gasteiger partial charge in [0.15, 0.2) is 0 Å². The molecule has 0 saturated heterocycles. The molecule has 0 rings (SSSR count). The monoisotopic (exact) mass is 168 g/mol. The van der Waals surface area contributed by atoms with Gasteiger partial charge >= 0.3 is 0 Å². The highest BCUT2D eigenvalue weighted by molar-refractivity contribution is 4.90. The lowest BCUT2D eigenvalue weighted by Gasteiger charge is -2.33. The van der Waals surface area contributed by atoms with Gasteiger partial charge in [-0.25, -0.2) is 8.78 Å². The van der Waals surface area contributed by atoms with Crippen LogP contribution in [0.3, 0.4) is 0 Å². The van der Waals surface area contributed by atoms with Gasteiger partial charge in [-0.05, 0) is 6.92 Å². The highest BCUT2D eigenvalue weighted by Gasteiger charge is 2.50. The first kappa shape index (κ1) is 10.8. The normalized spacial score (nSPS) is 18.5. The van der Waals surface area contributed by atoms with Crippen LogP contribution in [0.2, 0.25) is 0 Å². The lowest BCUT2D eigenvalue weighted by molar-refractivity contribution is -0.210. The smallest absolute Gasteiger partial charge is 0.280 e. The third kappa shape index (κ3) is 1.87. The van der Waals surface area contributed by atoms with Crippen molar-refractivity contribution in [3.63, 3.8) is 0 Å². The second kappa shape index (κ2) is 3.03. The van der Waals surface area contributed by atoms with E-state index in [1.54, 1.807) is 0 Å². The summed E-state index contributed by atoms with van der Waals surface area (Å²) in [5, 5.41) is 17.5. The maximum absolute atomic E-state index is 12.9. The van der Waals surface area contributed by atoms with E-state index in [-0.39, 0.29) is 0 Å². The Morgan fingerprint density at radius 1 is 1.36 bits per heavy atom. The first-order chi connectivity index (χ1) is 4.75. The lowest BCUT2D eigenvalue weighted by Crippen LogP contribution is -2.51. The van der Waals surface area contributed by atoms with E-state index in [0.717, 1.165) is 6.92 Å². The summed E-state index contributed by atoms with van der Waals surface area (Å²) in [5.74, 6) is -4.23. The van der Waals surface area contributed by atoms with Gasteiger partial charge in [0.2, 0.25) is 0 Å². The third-order valence-corrected chi connectivity index (χ3v) is 1.75. The summed E-state index contributed by atoms with van der Waals surface area (Å²) in [6.45, 7) is 2.58. The van der Waals surface area contributed by atoms with Crippen molar-refractivity contribution in [2.45, 2.75) is 32.3 Å². The summed E-state index contributed by atoms with van der Waals surface area (Å²) >= 11 is 0. The zero-order chi connectivity index (χ0) is 9.28. The molecule has 11 heavy (non-hydrogen) atoms. The number of rotatable bonds is 3. The number of hydrogen-bond donors (Lipinski definition) is 2. The second-order valence-corrected chi connectivity index (χ2v) is 3.21. The molecule has 4 heteroatoms. The molecule has 0 saturated carbocycles. The summed E-state index contributed by atoms with van der Waals surface area (Å²) in [4.78, 5) is 0. The summed E-state index contributed by atoms with van der Waals surface area (Å²) in [7, 11) is 0. The minimum Gasteiger partial charge on any atom is -0.393 e. The molecule has 0 radical (unpaired) electrons. The Hall–Kier alpha value is -0.220. The Morgan fingerprint density at radius 3 is 1.82 bits per heavy atom. The number of hydrogen-bond acceptors (Lipinski definition) is 2. The largest absolute Gasteiger partial charge is 0.393 e. The van der Waals surface area contributed by atoms with E-state index in [4.69, 9.17) is 10.2 Å². The van der Waals surface area contributed by atoms with Gasteiger partial charge in [-0.1, -0.05) is 13.8 Å². The topological polar surface area (TPSA) is 40.5 Å². The Labute approximate surface area is 64.8 Å². The molecular weight excluding hydrogens is 154 g/mol. The highest BCUT2D eigenvalue weighted by atomic mass is 19.3. The first-order valence-corrected chi connectivity index (χ1v) is 3.46. The zero-order valence-electron chi connectivity index (χ0n) is 6.93. The molecule has 0 aliphatic carbocycles. The van der Waals surface area contributed by atoms with E-state index in [2.05, 4.69) is 0 Å². The number of alkyl halides is 2. The molecule has 0 heterocycles. The molecule has 2 N–H and O–H groups in total. The van der Waals surface area contributed by atoms with E-state index in [9.17, 15) is 8.78 Å². The van der Waals surface area contributed by atoms with Crippen LogP contribution in [0.4, 0.5) is 8.78 Å². The zero-order valence-corrected chi connectivity index (χ0v) is 6.93. The van der Waals surface area contributed by atoms with Crippen LogP contribution in [0.1, 0.15) is 20.8 Å². The molecule has 0 aromatic rings. The molecule has 68 valence electrons. The van der Waals surface area contributed by atoms with E-state index < -0.39 is 24.0 Å². The van der Waals surface area contributed by atoms with E-state index in [1.807, 2.05) is 0 Å². The van der Waals surface area contributed by atoms with Crippen LogP contribution in [0.25, 0.3) is 0 Å². The average molecular weight is 168 g/mol. The average Bonchev–Trinajstić information content (AvgIpc) is 1.87. The minimum absolute atomic E-state index is 0.924. The molecule has 0 fully saturated rings. The Bertz CT molecular complexity index is 132. The third-order valence-electron chi connectivity index (χ3n) is 1.75. The van der Waals surface area contributed by atoms with Gasteiger partial charge in [-0.2, -0.15) is 0 Å². The quantitative estimate of drug-likeness (QED) is 0.660. The SMILES string of the molecule is CC(C)C(F)(F)C(C)(O)CO.